The van der Waals surface area contributed by atoms with E-state index in [4.69, 9.17) is 5.11 Å². The van der Waals surface area contributed by atoms with Crippen LogP contribution in [0.3, 0.4) is 0 Å². The van der Waals surface area contributed by atoms with Gasteiger partial charge in [0.05, 0.1) is 0 Å². The first kappa shape index (κ1) is 14.1. The lowest BCUT2D eigenvalue weighted by Gasteiger charge is -2.33. The molecule has 0 saturated carbocycles. The van der Waals surface area contributed by atoms with Gasteiger partial charge in [-0.1, -0.05) is 28.9 Å². The molecule has 0 spiro atoms. The molecule has 1 saturated heterocycles. The molecule has 0 unspecified atom stereocenters. The van der Waals surface area contributed by atoms with Crippen LogP contribution in [0.5, 0.6) is 0 Å². The number of benzene rings is 1. The zero-order valence-electron chi connectivity index (χ0n) is 11.0. The Balaban J connectivity index is 2.26. The molecule has 102 valence electrons. The number of aliphatic carboxylic acids is 1. The van der Waals surface area contributed by atoms with Gasteiger partial charge in [-0.05, 0) is 42.5 Å². The molecule has 4 heteroatoms. The maximum absolute atomic E-state index is 10.7. The molecule has 19 heavy (non-hydrogen) atoms. The van der Waals surface area contributed by atoms with E-state index in [2.05, 4.69) is 33.8 Å². The second kappa shape index (κ2) is 6.24. The zero-order valence-corrected chi connectivity index (χ0v) is 12.6. The van der Waals surface area contributed by atoms with Gasteiger partial charge in [-0.3, -0.25) is 0 Å². The van der Waals surface area contributed by atoms with Crippen molar-refractivity contribution >= 4 is 33.7 Å². The van der Waals surface area contributed by atoms with Gasteiger partial charge < -0.3 is 10.0 Å². The minimum Gasteiger partial charge on any atom is -0.478 e. The highest BCUT2D eigenvalue weighted by Gasteiger charge is 2.17. The summed E-state index contributed by atoms with van der Waals surface area (Å²) in [7, 11) is 0. The quantitative estimate of drug-likeness (QED) is 0.860. The molecule has 0 bridgehead atoms. The molecule has 1 aliphatic heterocycles. The molecule has 2 rings (SSSR count). The number of rotatable bonds is 3. The van der Waals surface area contributed by atoms with Crippen LogP contribution in [-0.4, -0.2) is 24.2 Å². The summed E-state index contributed by atoms with van der Waals surface area (Å²) < 4.78 is 1.02. The molecule has 1 aromatic rings. The van der Waals surface area contributed by atoms with Crippen molar-refractivity contribution in [1.82, 2.24) is 0 Å². The van der Waals surface area contributed by atoms with Crippen molar-refractivity contribution in [2.24, 2.45) is 5.92 Å². The summed E-state index contributed by atoms with van der Waals surface area (Å²) in [6.45, 7) is 4.35. The minimum atomic E-state index is -0.916. The fourth-order valence-electron chi connectivity index (χ4n) is 2.34. The molecule has 1 aliphatic rings. The number of carboxylic acid groups (broad SMARTS) is 1. The van der Waals surface area contributed by atoms with Crippen molar-refractivity contribution in [2.45, 2.75) is 19.8 Å². The molecule has 0 atom stereocenters. The molecule has 0 aliphatic carbocycles. The monoisotopic (exact) mass is 323 g/mol. The average Bonchev–Trinajstić information content (AvgIpc) is 2.38. The summed E-state index contributed by atoms with van der Waals surface area (Å²) in [6.07, 6.45) is 5.24. The van der Waals surface area contributed by atoms with Gasteiger partial charge in [-0.25, -0.2) is 4.79 Å². The topological polar surface area (TPSA) is 40.5 Å². The summed E-state index contributed by atoms with van der Waals surface area (Å²) in [4.78, 5) is 13.0. The fourth-order valence-corrected chi connectivity index (χ4v) is 2.69. The minimum absolute atomic E-state index is 0.779. The predicted octanol–water partition coefficient (Wildman–Crippen LogP) is 3.78. The number of halogens is 1. The number of carboxylic acids is 1. The zero-order chi connectivity index (χ0) is 13.8. The van der Waals surface area contributed by atoms with E-state index in [0.717, 1.165) is 34.7 Å². The van der Waals surface area contributed by atoms with E-state index < -0.39 is 5.97 Å². The third-order valence-corrected chi connectivity index (χ3v) is 4.02. The highest BCUT2D eigenvalue weighted by atomic mass is 79.9. The number of piperidine rings is 1. The molecule has 0 radical (unpaired) electrons. The van der Waals surface area contributed by atoms with Crippen molar-refractivity contribution in [1.29, 1.82) is 0 Å². The maximum atomic E-state index is 10.7. The summed E-state index contributed by atoms with van der Waals surface area (Å²) in [5.74, 6) is -0.137. The molecule has 1 aromatic carbocycles. The highest BCUT2D eigenvalue weighted by Crippen LogP contribution is 2.29. The van der Waals surface area contributed by atoms with Gasteiger partial charge in [0.2, 0.25) is 0 Å². The Bertz CT molecular complexity index is 491. The average molecular weight is 324 g/mol. The Hall–Kier alpha value is -1.29. The SMILES string of the molecule is CC1CCN(c2cc(Br)ccc2/C=C/C(=O)O)CC1. The van der Waals surface area contributed by atoms with Crippen LogP contribution in [-0.2, 0) is 4.79 Å². The van der Waals surface area contributed by atoms with Gasteiger partial charge in [-0.15, -0.1) is 0 Å². The molecule has 0 amide bonds. The Labute approximate surface area is 122 Å². The van der Waals surface area contributed by atoms with Crippen molar-refractivity contribution in [3.05, 3.63) is 34.3 Å². The van der Waals surface area contributed by atoms with E-state index in [-0.39, 0.29) is 0 Å². The van der Waals surface area contributed by atoms with Crippen LogP contribution in [0.2, 0.25) is 0 Å². The summed E-state index contributed by atoms with van der Waals surface area (Å²) in [5, 5.41) is 8.76. The third kappa shape index (κ3) is 3.83. The van der Waals surface area contributed by atoms with Crippen LogP contribution in [0, 0.1) is 5.92 Å². The van der Waals surface area contributed by atoms with Gasteiger partial charge in [0, 0.05) is 29.3 Å². The van der Waals surface area contributed by atoms with Gasteiger partial charge >= 0.3 is 5.97 Å². The van der Waals surface area contributed by atoms with Crippen LogP contribution in [0.25, 0.3) is 6.08 Å². The Morgan fingerprint density at radius 1 is 1.42 bits per heavy atom. The first-order valence-corrected chi connectivity index (χ1v) is 7.31. The molecular weight excluding hydrogens is 306 g/mol. The normalized spacial score (nSPS) is 17.1. The number of nitrogens with zero attached hydrogens (tertiary/aromatic N) is 1. The summed E-state index contributed by atoms with van der Waals surface area (Å²) >= 11 is 3.49. The maximum Gasteiger partial charge on any atom is 0.328 e. The van der Waals surface area contributed by atoms with Crippen molar-refractivity contribution < 1.29 is 9.90 Å². The number of carbonyl (C=O) groups is 1. The molecule has 1 fully saturated rings. The fraction of sp³-hybridized carbons (Fsp3) is 0.400. The number of hydrogen-bond donors (Lipinski definition) is 1. The Morgan fingerprint density at radius 2 is 2.11 bits per heavy atom. The first-order valence-electron chi connectivity index (χ1n) is 6.52. The van der Waals surface area contributed by atoms with Gasteiger partial charge in [-0.2, -0.15) is 0 Å². The standard InChI is InChI=1S/C15H18BrNO2/c1-11-6-8-17(9-7-11)14-10-13(16)4-2-12(14)3-5-15(18)19/h2-5,10-11H,6-9H2,1H3,(H,18,19)/b5-3+. The van der Waals surface area contributed by atoms with Gasteiger partial charge in [0.1, 0.15) is 0 Å². The van der Waals surface area contributed by atoms with E-state index >= 15 is 0 Å². The van der Waals surface area contributed by atoms with E-state index in [1.807, 2.05) is 12.1 Å². The second-order valence-electron chi connectivity index (χ2n) is 5.04. The lowest BCUT2D eigenvalue weighted by Crippen LogP contribution is -2.33. The highest BCUT2D eigenvalue weighted by molar-refractivity contribution is 9.10. The predicted molar refractivity (Wildman–Crippen MR) is 81.4 cm³/mol. The summed E-state index contributed by atoms with van der Waals surface area (Å²) in [5.41, 5.74) is 2.07. The lowest BCUT2D eigenvalue weighted by atomic mass is 9.98. The number of anilines is 1. The van der Waals surface area contributed by atoms with E-state index in [9.17, 15) is 4.79 Å². The molecule has 3 nitrogen and oxygen atoms in total. The molecule has 0 aromatic heterocycles. The van der Waals surface area contributed by atoms with Crippen molar-refractivity contribution in [3.63, 3.8) is 0 Å². The van der Waals surface area contributed by atoms with Crippen LogP contribution < -0.4 is 4.90 Å². The molecular formula is C15H18BrNO2. The van der Waals surface area contributed by atoms with E-state index in [1.54, 1.807) is 6.08 Å². The molecule has 1 N–H and O–H groups in total. The summed E-state index contributed by atoms with van der Waals surface area (Å²) in [6, 6.07) is 5.96. The van der Waals surface area contributed by atoms with Crippen LogP contribution in [0.1, 0.15) is 25.3 Å². The Kier molecular flexibility index (Phi) is 4.64. The van der Waals surface area contributed by atoms with Crippen LogP contribution >= 0.6 is 15.9 Å². The number of hydrogen-bond acceptors (Lipinski definition) is 2. The van der Waals surface area contributed by atoms with Crippen molar-refractivity contribution in [2.75, 3.05) is 18.0 Å². The van der Waals surface area contributed by atoms with Crippen molar-refractivity contribution in [3.8, 4) is 0 Å². The first-order chi connectivity index (χ1) is 9.06. The van der Waals surface area contributed by atoms with Gasteiger partial charge in [0.25, 0.3) is 0 Å². The van der Waals surface area contributed by atoms with Gasteiger partial charge in [0.15, 0.2) is 0 Å². The second-order valence-corrected chi connectivity index (χ2v) is 5.96. The van der Waals surface area contributed by atoms with Crippen LogP contribution in [0.4, 0.5) is 5.69 Å². The smallest absolute Gasteiger partial charge is 0.328 e. The Morgan fingerprint density at radius 3 is 2.74 bits per heavy atom. The lowest BCUT2D eigenvalue weighted by molar-refractivity contribution is -0.131. The third-order valence-electron chi connectivity index (χ3n) is 3.52. The van der Waals surface area contributed by atoms with E-state index in [0.29, 0.717) is 0 Å². The molecule has 1 heterocycles. The van der Waals surface area contributed by atoms with Crippen LogP contribution in [0.15, 0.2) is 28.7 Å². The van der Waals surface area contributed by atoms with E-state index in [1.165, 1.54) is 18.9 Å². The largest absolute Gasteiger partial charge is 0.478 e.